The van der Waals surface area contributed by atoms with E-state index < -0.39 is 41.6 Å². The van der Waals surface area contributed by atoms with Gasteiger partial charge in [0.05, 0.1) is 23.1 Å². The number of imidazole rings is 1. The number of anilines is 1. The number of halogens is 5. The number of carbonyl (C=O) groups is 3. The summed E-state index contributed by atoms with van der Waals surface area (Å²) in [6.45, 7) is -2.64. The summed E-state index contributed by atoms with van der Waals surface area (Å²) in [7, 11) is 0. The molecule has 0 bridgehead atoms. The van der Waals surface area contributed by atoms with Crippen molar-refractivity contribution in [2.75, 3.05) is 24.5 Å². The van der Waals surface area contributed by atoms with Gasteiger partial charge in [0.25, 0.3) is 11.8 Å². The molecule has 1 aliphatic carbocycles. The molecule has 3 fully saturated rings. The lowest BCUT2D eigenvalue weighted by molar-refractivity contribution is -0.189. The highest BCUT2D eigenvalue weighted by atomic mass is 35.5. The molecule has 2 aliphatic heterocycles. The van der Waals surface area contributed by atoms with Crippen LogP contribution in [0, 0.1) is 17.0 Å². The smallest absolute Gasteiger partial charge is 0.345 e. The number of rotatable bonds is 6. The quantitative estimate of drug-likeness (QED) is 0.404. The van der Waals surface area contributed by atoms with Crippen molar-refractivity contribution < 1.29 is 36.7 Å². The first-order valence-corrected chi connectivity index (χ1v) is 13.0. The molecular weight excluding hydrogens is 546 g/mol. The third-order valence-electron chi connectivity index (χ3n) is 7.79. The van der Waals surface area contributed by atoms with Crippen molar-refractivity contribution in [1.82, 2.24) is 20.2 Å². The summed E-state index contributed by atoms with van der Waals surface area (Å²) in [5.74, 6) is -3.47. The average Bonchev–Trinajstić information content (AvgIpc) is 3.37. The van der Waals surface area contributed by atoms with E-state index in [1.165, 1.54) is 16.1 Å². The Hall–Kier alpha value is -3.19. The molecule has 1 saturated carbocycles. The van der Waals surface area contributed by atoms with Crippen LogP contribution in [-0.2, 0) is 9.53 Å². The van der Waals surface area contributed by atoms with Gasteiger partial charge in [0.2, 0.25) is 5.91 Å². The second-order valence-corrected chi connectivity index (χ2v) is 10.6. The first-order valence-electron chi connectivity index (χ1n) is 12.6. The monoisotopic (exact) mass is 571 g/mol. The topological polar surface area (TPSA) is 108 Å². The molecule has 9 nitrogen and oxygen atoms in total. The molecule has 0 radical (unpaired) electrons. The number of nitrogens with one attached hydrogen (secondary N) is 2. The Morgan fingerprint density at radius 1 is 1.15 bits per heavy atom. The molecule has 14 heteroatoms. The highest BCUT2D eigenvalue weighted by Crippen LogP contribution is 2.46. The number of benzene rings is 1. The van der Waals surface area contributed by atoms with Crippen LogP contribution < -0.4 is 10.2 Å². The molecule has 1 aromatic heterocycles. The minimum Gasteiger partial charge on any atom is -0.348 e. The Morgan fingerprint density at radius 2 is 1.85 bits per heavy atom. The van der Waals surface area contributed by atoms with Gasteiger partial charge in [-0.1, -0.05) is 11.6 Å². The minimum absolute atomic E-state index is 0.0252. The van der Waals surface area contributed by atoms with Crippen molar-refractivity contribution in [3.8, 4) is 0 Å². The number of H-pyrrole nitrogens is 1. The van der Waals surface area contributed by atoms with Gasteiger partial charge < -0.3 is 24.8 Å². The number of amides is 3. The van der Waals surface area contributed by atoms with E-state index in [1.54, 1.807) is 0 Å². The molecular formula is C25H26ClF4N5O4. The number of likely N-dealkylation sites (tertiary alicyclic amines) is 1. The summed E-state index contributed by atoms with van der Waals surface area (Å²) >= 11 is 6.13. The van der Waals surface area contributed by atoms with Crippen molar-refractivity contribution in [3.63, 3.8) is 0 Å². The Balaban J connectivity index is 1.19. The number of alkyl halides is 2. The number of aromatic nitrogens is 2. The zero-order valence-corrected chi connectivity index (χ0v) is 21.4. The molecule has 0 atom stereocenters. The van der Waals surface area contributed by atoms with Crippen LogP contribution in [0.25, 0.3) is 0 Å². The summed E-state index contributed by atoms with van der Waals surface area (Å²) < 4.78 is 56.5. The first kappa shape index (κ1) is 27.4. The van der Waals surface area contributed by atoms with Crippen molar-refractivity contribution in [2.24, 2.45) is 5.41 Å². The van der Waals surface area contributed by atoms with E-state index in [1.807, 2.05) is 0 Å². The number of carbonyl (C=O) groups excluding carboxylic acids is 3. The molecule has 3 aliphatic rings. The van der Waals surface area contributed by atoms with Crippen LogP contribution in [0.5, 0.6) is 0 Å². The summed E-state index contributed by atoms with van der Waals surface area (Å²) in [6, 6.07) is 1.53. The van der Waals surface area contributed by atoms with Gasteiger partial charge in [-0.15, -0.1) is 0 Å². The van der Waals surface area contributed by atoms with Gasteiger partial charge in [-0.25, -0.2) is 13.8 Å². The van der Waals surface area contributed by atoms with Gasteiger partial charge in [-0.2, -0.15) is 8.78 Å². The SMILES string of the molecule is O=C(N[C@H]1CC[C@]2(CCCN(c3cc(F)c(F)cc3Cl)C2=O)CC1)c1[nH]cnc1C(=O)N1CC(OC(F)F)C1. The van der Waals surface area contributed by atoms with Gasteiger partial charge in [0.1, 0.15) is 5.69 Å². The summed E-state index contributed by atoms with van der Waals surface area (Å²) in [5, 5.41) is 2.85. The van der Waals surface area contributed by atoms with E-state index in [0.29, 0.717) is 45.1 Å². The van der Waals surface area contributed by atoms with E-state index in [4.69, 9.17) is 11.6 Å². The minimum atomic E-state index is -2.93. The molecule has 3 heterocycles. The van der Waals surface area contributed by atoms with Crippen LogP contribution in [-0.4, -0.2) is 71.0 Å². The van der Waals surface area contributed by atoms with Crippen LogP contribution in [0.3, 0.4) is 0 Å². The Labute approximate surface area is 225 Å². The molecule has 5 rings (SSSR count). The lowest BCUT2D eigenvalue weighted by atomic mass is 9.67. The molecule has 210 valence electrons. The zero-order chi connectivity index (χ0) is 27.9. The van der Waals surface area contributed by atoms with Crippen LogP contribution in [0.2, 0.25) is 5.02 Å². The standard InChI is InChI=1S/C25H26ClF4N5O4/c26-15-8-16(27)17(28)9-18(15)35-7-1-4-25(23(35)38)5-2-13(3-6-25)33-21(36)19-20(32-12-31-19)22(37)34-10-14(11-34)39-24(29)30/h8-9,12-14,24H,1-7,10-11H2,(H,31,32)(H,33,36)/t13-,25+. The molecule has 39 heavy (non-hydrogen) atoms. The highest BCUT2D eigenvalue weighted by Gasteiger charge is 2.47. The highest BCUT2D eigenvalue weighted by molar-refractivity contribution is 6.33. The fourth-order valence-electron chi connectivity index (χ4n) is 5.67. The van der Waals surface area contributed by atoms with Crippen molar-refractivity contribution in [3.05, 3.63) is 46.5 Å². The predicted molar refractivity (Wildman–Crippen MR) is 130 cm³/mol. The van der Waals surface area contributed by atoms with Crippen molar-refractivity contribution in [1.29, 1.82) is 0 Å². The largest absolute Gasteiger partial charge is 0.348 e. The summed E-state index contributed by atoms with van der Waals surface area (Å²) in [4.78, 5) is 48.5. The fraction of sp³-hybridized carbons (Fsp3) is 0.520. The van der Waals surface area contributed by atoms with Crippen molar-refractivity contribution >= 4 is 35.0 Å². The Kier molecular flexibility index (Phi) is 7.55. The fourth-order valence-corrected chi connectivity index (χ4v) is 5.92. The maximum absolute atomic E-state index is 13.9. The Bertz CT molecular complexity index is 1280. The number of ether oxygens (including phenoxy) is 1. The summed E-state index contributed by atoms with van der Waals surface area (Å²) in [5.41, 5.74) is -0.707. The molecule has 0 unspecified atom stereocenters. The first-order chi connectivity index (χ1) is 18.6. The van der Waals surface area contributed by atoms with Gasteiger partial charge in [0, 0.05) is 37.2 Å². The van der Waals surface area contributed by atoms with Gasteiger partial charge in [-0.05, 0) is 44.6 Å². The molecule has 2 aromatic rings. The lowest BCUT2D eigenvalue weighted by Crippen LogP contribution is -2.55. The van der Waals surface area contributed by atoms with Crippen LogP contribution in [0.4, 0.5) is 23.2 Å². The maximum Gasteiger partial charge on any atom is 0.345 e. The molecule has 2 N–H and O–H groups in total. The lowest BCUT2D eigenvalue weighted by Gasteiger charge is -2.45. The number of aromatic amines is 1. The van der Waals surface area contributed by atoms with Gasteiger partial charge in [0.15, 0.2) is 17.3 Å². The number of piperidine rings is 1. The van der Waals surface area contributed by atoms with Gasteiger partial charge in [-0.3, -0.25) is 14.4 Å². The van der Waals surface area contributed by atoms with E-state index >= 15 is 0 Å². The molecule has 3 amide bonds. The average molecular weight is 572 g/mol. The van der Waals surface area contributed by atoms with Crippen molar-refractivity contribution in [2.45, 2.75) is 57.3 Å². The third kappa shape index (κ3) is 5.33. The third-order valence-corrected chi connectivity index (χ3v) is 8.10. The van der Waals surface area contributed by atoms with Crippen LogP contribution in [0.15, 0.2) is 18.5 Å². The summed E-state index contributed by atoms with van der Waals surface area (Å²) in [6.07, 6.45) is 3.68. The second-order valence-electron chi connectivity index (χ2n) is 10.2. The van der Waals surface area contributed by atoms with E-state index in [-0.39, 0.29) is 47.1 Å². The number of hydrogen-bond donors (Lipinski definition) is 2. The molecule has 1 aromatic carbocycles. The van der Waals surface area contributed by atoms with Crippen LogP contribution in [0.1, 0.15) is 59.5 Å². The van der Waals surface area contributed by atoms with Crippen LogP contribution >= 0.6 is 11.6 Å². The zero-order valence-electron chi connectivity index (χ0n) is 20.7. The predicted octanol–water partition coefficient (Wildman–Crippen LogP) is 3.89. The number of nitrogens with zero attached hydrogens (tertiary/aromatic N) is 3. The normalized spacial score (nSPS) is 23.8. The van der Waals surface area contributed by atoms with E-state index in [0.717, 1.165) is 12.1 Å². The Morgan fingerprint density at radius 3 is 2.54 bits per heavy atom. The number of hydrogen-bond acceptors (Lipinski definition) is 5. The van der Waals surface area contributed by atoms with Gasteiger partial charge >= 0.3 is 6.61 Å². The second kappa shape index (κ2) is 10.8. The van der Waals surface area contributed by atoms with E-state index in [2.05, 4.69) is 20.0 Å². The maximum atomic E-state index is 13.9. The molecule has 2 saturated heterocycles. The van der Waals surface area contributed by atoms with E-state index in [9.17, 15) is 31.9 Å². The molecule has 1 spiro atoms.